The predicted molar refractivity (Wildman–Crippen MR) is 88.8 cm³/mol. The van der Waals surface area contributed by atoms with Gasteiger partial charge in [-0.25, -0.2) is 0 Å². The lowest BCUT2D eigenvalue weighted by molar-refractivity contribution is 0.100. The Labute approximate surface area is 141 Å². The maximum absolute atomic E-state index is 12.2. The van der Waals surface area contributed by atoms with Crippen LogP contribution < -0.4 is 14.3 Å². The van der Waals surface area contributed by atoms with E-state index in [1.54, 1.807) is 6.07 Å². The topological polar surface area (TPSA) is 52.8 Å². The number of aromatic nitrogens is 1. The number of benzene rings is 1. The minimum absolute atomic E-state index is 0.238. The summed E-state index contributed by atoms with van der Waals surface area (Å²) in [5.74, 6) is 1.22. The molecule has 3 aromatic rings. The van der Waals surface area contributed by atoms with E-state index in [0.29, 0.717) is 9.68 Å². The number of rotatable bonds is 1. The van der Waals surface area contributed by atoms with Crippen LogP contribution >= 0.6 is 38.6 Å². The molecule has 0 N–H and O–H groups in total. The zero-order chi connectivity index (χ0) is 15.3. The van der Waals surface area contributed by atoms with Crippen molar-refractivity contribution >= 4 is 54.7 Å². The molecule has 0 unspecified atom stereocenters. The van der Waals surface area contributed by atoms with Gasteiger partial charge < -0.3 is 14.0 Å². The summed E-state index contributed by atoms with van der Waals surface area (Å²) in [6.45, 7) is 0.249. The number of hydrogen-bond donors (Lipinski definition) is 0. The first-order valence-corrected chi connectivity index (χ1v) is 8.78. The van der Waals surface area contributed by atoms with Gasteiger partial charge in [0, 0.05) is 19.2 Å². The van der Waals surface area contributed by atoms with E-state index in [2.05, 4.69) is 20.9 Å². The fourth-order valence-corrected chi connectivity index (χ4v) is 4.49. The third-order valence-corrected chi connectivity index (χ3v) is 5.99. The lowest BCUT2D eigenvalue weighted by atomic mass is 10.3. The Morgan fingerprint density at radius 2 is 2.05 bits per heavy atom. The van der Waals surface area contributed by atoms with Gasteiger partial charge in [0.15, 0.2) is 16.3 Å². The third-order valence-electron chi connectivity index (χ3n) is 3.28. The number of carbonyl (C=O) groups excluding carboxylic acids is 1. The van der Waals surface area contributed by atoms with Crippen LogP contribution in [0.2, 0.25) is 0 Å². The molecular weight excluding hydrogens is 388 g/mol. The van der Waals surface area contributed by atoms with E-state index in [-0.39, 0.29) is 12.7 Å². The normalized spacial score (nSPS) is 14.0. The summed E-state index contributed by atoms with van der Waals surface area (Å²) in [7, 11) is 1.89. The maximum atomic E-state index is 12.2. The van der Waals surface area contributed by atoms with Gasteiger partial charge in [-0.15, -0.1) is 11.3 Å². The first kappa shape index (κ1) is 14.0. The largest absolute Gasteiger partial charge is 0.454 e. The highest BCUT2D eigenvalue weighted by Gasteiger charge is 2.17. The van der Waals surface area contributed by atoms with Gasteiger partial charge in [-0.3, -0.25) is 4.79 Å². The molecule has 112 valence electrons. The molecule has 5 nitrogen and oxygen atoms in total. The number of ether oxygens (including phenoxy) is 2. The second-order valence-electron chi connectivity index (χ2n) is 4.64. The van der Waals surface area contributed by atoms with E-state index in [4.69, 9.17) is 9.47 Å². The molecule has 0 aliphatic carbocycles. The number of fused-ring (bicyclic) bond motifs is 2. The van der Waals surface area contributed by atoms with Crippen LogP contribution in [0.25, 0.3) is 10.2 Å². The molecule has 22 heavy (non-hydrogen) atoms. The molecule has 1 aliphatic rings. The number of nitrogens with zero attached hydrogens (tertiary/aromatic N) is 2. The number of amides is 1. The van der Waals surface area contributed by atoms with Crippen molar-refractivity contribution in [3.8, 4) is 11.5 Å². The molecule has 0 bridgehead atoms. The van der Waals surface area contributed by atoms with Gasteiger partial charge >= 0.3 is 0 Å². The van der Waals surface area contributed by atoms with Crippen LogP contribution in [0.4, 0.5) is 0 Å². The van der Waals surface area contributed by atoms with Crippen LogP contribution in [0, 0.1) is 0 Å². The van der Waals surface area contributed by atoms with Crippen molar-refractivity contribution < 1.29 is 14.3 Å². The van der Waals surface area contributed by atoms with Crippen LogP contribution in [0.3, 0.4) is 0 Å². The molecule has 0 saturated carbocycles. The van der Waals surface area contributed by atoms with E-state index in [1.807, 2.05) is 29.8 Å². The lowest BCUT2D eigenvalue weighted by Gasteiger charge is -1.98. The Balaban J connectivity index is 1.83. The molecule has 3 heterocycles. The van der Waals surface area contributed by atoms with Crippen molar-refractivity contribution in [2.45, 2.75) is 0 Å². The standard InChI is InChI=1S/C14H9BrN2O3S2/c1-17-7-4-8-9(20-6-19-8)5-11(7)22-14(17)16-13(18)10-2-3-12(15)21-10/h2-5H,6H2,1H3. The van der Waals surface area contributed by atoms with Gasteiger partial charge in [-0.2, -0.15) is 4.99 Å². The van der Waals surface area contributed by atoms with Crippen molar-refractivity contribution in [2.24, 2.45) is 12.0 Å². The first-order chi connectivity index (χ1) is 10.6. The fourth-order valence-electron chi connectivity index (χ4n) is 2.20. The Kier molecular flexibility index (Phi) is 3.32. The van der Waals surface area contributed by atoms with Gasteiger partial charge in [0.1, 0.15) is 0 Å². The highest BCUT2D eigenvalue weighted by atomic mass is 79.9. The zero-order valence-electron chi connectivity index (χ0n) is 11.3. The van der Waals surface area contributed by atoms with Crippen molar-refractivity contribution in [3.05, 3.63) is 37.7 Å². The Morgan fingerprint density at radius 1 is 1.27 bits per heavy atom. The highest BCUT2D eigenvalue weighted by molar-refractivity contribution is 9.11. The van der Waals surface area contributed by atoms with E-state index in [1.165, 1.54) is 22.7 Å². The van der Waals surface area contributed by atoms with E-state index >= 15 is 0 Å². The summed E-state index contributed by atoms with van der Waals surface area (Å²) in [4.78, 5) is 17.7. The van der Waals surface area contributed by atoms with Gasteiger partial charge in [0.05, 0.1) is 18.9 Å². The molecule has 8 heteroatoms. The van der Waals surface area contributed by atoms with Crippen molar-refractivity contribution in [2.75, 3.05) is 6.79 Å². The van der Waals surface area contributed by atoms with Crippen molar-refractivity contribution in [1.82, 2.24) is 4.57 Å². The quantitative estimate of drug-likeness (QED) is 0.631. The Morgan fingerprint density at radius 3 is 2.77 bits per heavy atom. The second-order valence-corrected chi connectivity index (χ2v) is 8.11. The number of thiophene rings is 1. The number of halogens is 1. The van der Waals surface area contributed by atoms with Crippen LogP contribution in [-0.4, -0.2) is 17.3 Å². The van der Waals surface area contributed by atoms with Crippen molar-refractivity contribution in [1.29, 1.82) is 0 Å². The molecule has 4 rings (SSSR count). The molecule has 2 aromatic heterocycles. The Hall–Kier alpha value is -1.64. The lowest BCUT2D eigenvalue weighted by Crippen LogP contribution is -2.12. The number of hydrogen-bond acceptors (Lipinski definition) is 5. The summed E-state index contributed by atoms with van der Waals surface area (Å²) in [6, 6.07) is 7.45. The summed E-state index contributed by atoms with van der Waals surface area (Å²) in [6.07, 6.45) is 0. The SMILES string of the molecule is Cn1c(=NC(=O)c2ccc(Br)s2)sc2cc3c(cc21)OCO3. The predicted octanol–water partition coefficient (Wildman–Crippen LogP) is 3.53. The van der Waals surface area contributed by atoms with E-state index < -0.39 is 0 Å². The Bertz CT molecular complexity index is 970. The van der Waals surface area contributed by atoms with Crippen molar-refractivity contribution in [3.63, 3.8) is 0 Å². The van der Waals surface area contributed by atoms with Gasteiger partial charge in [0.25, 0.3) is 5.91 Å². The van der Waals surface area contributed by atoms with Crippen LogP contribution in [0.15, 0.2) is 33.0 Å². The van der Waals surface area contributed by atoms with E-state index in [0.717, 1.165) is 25.5 Å². The molecule has 1 aromatic carbocycles. The number of thiazole rings is 1. The number of aryl methyl sites for hydroxylation is 1. The monoisotopic (exact) mass is 396 g/mol. The molecule has 0 spiro atoms. The molecule has 0 radical (unpaired) electrons. The third kappa shape index (κ3) is 2.27. The van der Waals surface area contributed by atoms with Crippen LogP contribution in [-0.2, 0) is 7.05 Å². The average molecular weight is 397 g/mol. The fraction of sp³-hybridized carbons (Fsp3) is 0.143. The molecule has 1 aliphatic heterocycles. The summed E-state index contributed by atoms with van der Waals surface area (Å²) in [5, 5.41) is 0. The molecule has 0 fully saturated rings. The maximum Gasteiger partial charge on any atom is 0.289 e. The minimum atomic E-state index is -0.238. The molecular formula is C14H9BrN2O3S2. The zero-order valence-corrected chi connectivity index (χ0v) is 14.5. The smallest absolute Gasteiger partial charge is 0.289 e. The van der Waals surface area contributed by atoms with Gasteiger partial charge in [-0.05, 0) is 28.1 Å². The first-order valence-electron chi connectivity index (χ1n) is 6.35. The van der Waals surface area contributed by atoms with Crippen LogP contribution in [0.1, 0.15) is 9.67 Å². The van der Waals surface area contributed by atoms with E-state index in [9.17, 15) is 4.79 Å². The minimum Gasteiger partial charge on any atom is -0.454 e. The molecule has 1 amide bonds. The van der Waals surface area contributed by atoms with Gasteiger partial charge in [-0.1, -0.05) is 11.3 Å². The number of carbonyl (C=O) groups is 1. The summed E-state index contributed by atoms with van der Waals surface area (Å²) < 4.78 is 14.6. The summed E-state index contributed by atoms with van der Waals surface area (Å²) >= 11 is 6.18. The molecule has 0 atom stereocenters. The second kappa shape index (κ2) is 5.22. The molecule has 0 saturated heterocycles. The van der Waals surface area contributed by atoms with Crippen LogP contribution in [0.5, 0.6) is 11.5 Å². The van der Waals surface area contributed by atoms with Gasteiger partial charge in [0.2, 0.25) is 6.79 Å². The summed E-state index contributed by atoms with van der Waals surface area (Å²) in [5.41, 5.74) is 0.966. The average Bonchev–Trinajstić information content (AvgIpc) is 3.18. The highest BCUT2D eigenvalue weighted by Crippen LogP contribution is 2.36.